The van der Waals surface area contributed by atoms with Gasteiger partial charge >= 0.3 is 0 Å². The van der Waals surface area contributed by atoms with Crippen molar-refractivity contribution in [1.29, 1.82) is 0 Å². The van der Waals surface area contributed by atoms with Crippen molar-refractivity contribution >= 4 is 11.7 Å². The van der Waals surface area contributed by atoms with Crippen LogP contribution < -0.4 is 4.90 Å². The number of amides is 1. The summed E-state index contributed by atoms with van der Waals surface area (Å²) >= 11 is 0. The molecule has 0 atom stereocenters. The first-order chi connectivity index (χ1) is 12.7. The van der Waals surface area contributed by atoms with Gasteiger partial charge in [-0.15, -0.1) is 0 Å². The third kappa shape index (κ3) is 4.72. The largest absolute Gasteiger partial charge is 0.383 e. The Balaban J connectivity index is 1.51. The van der Waals surface area contributed by atoms with Crippen LogP contribution in [0.4, 0.5) is 5.82 Å². The number of rotatable bonds is 6. The first-order valence-corrected chi connectivity index (χ1v) is 9.46. The summed E-state index contributed by atoms with van der Waals surface area (Å²) in [5, 5.41) is 0. The van der Waals surface area contributed by atoms with Gasteiger partial charge in [-0.05, 0) is 25.0 Å². The van der Waals surface area contributed by atoms with Crippen LogP contribution in [0, 0.1) is 0 Å². The zero-order valence-electron chi connectivity index (χ0n) is 15.9. The van der Waals surface area contributed by atoms with Crippen molar-refractivity contribution in [2.75, 3.05) is 71.6 Å². The lowest BCUT2D eigenvalue weighted by molar-refractivity contribution is 0.00158. The maximum absolute atomic E-state index is 12.8. The van der Waals surface area contributed by atoms with Gasteiger partial charge in [0.15, 0.2) is 0 Å². The van der Waals surface area contributed by atoms with Crippen molar-refractivity contribution in [3.63, 3.8) is 0 Å². The van der Waals surface area contributed by atoms with Crippen LogP contribution in [0.15, 0.2) is 18.3 Å². The fraction of sp³-hybridized carbons (Fsp3) is 0.684. The molecule has 2 saturated heterocycles. The van der Waals surface area contributed by atoms with Crippen LogP contribution in [0.5, 0.6) is 0 Å². The minimum absolute atomic E-state index is 0.0871. The van der Waals surface area contributed by atoms with Crippen LogP contribution in [0.3, 0.4) is 0 Å². The lowest BCUT2D eigenvalue weighted by Gasteiger charge is -2.40. The van der Waals surface area contributed by atoms with Gasteiger partial charge in [-0.2, -0.15) is 0 Å². The number of carbonyl (C=O) groups excluding carboxylic acids is 1. The van der Waals surface area contributed by atoms with E-state index in [1.54, 1.807) is 13.3 Å². The van der Waals surface area contributed by atoms with Crippen LogP contribution in [-0.2, 0) is 9.47 Å². The molecule has 0 saturated carbocycles. The highest BCUT2D eigenvalue weighted by Gasteiger charge is 2.28. The van der Waals surface area contributed by atoms with Gasteiger partial charge < -0.3 is 19.3 Å². The Kier molecular flexibility index (Phi) is 6.82. The van der Waals surface area contributed by atoms with Gasteiger partial charge in [-0.1, -0.05) is 0 Å². The number of anilines is 1. The molecule has 26 heavy (non-hydrogen) atoms. The van der Waals surface area contributed by atoms with Gasteiger partial charge in [0, 0.05) is 59.1 Å². The maximum Gasteiger partial charge on any atom is 0.255 e. The molecular formula is C19H30N4O3. The molecule has 7 heteroatoms. The highest BCUT2D eigenvalue weighted by Crippen LogP contribution is 2.20. The van der Waals surface area contributed by atoms with Crippen LogP contribution in [0.2, 0.25) is 0 Å². The molecule has 0 unspecified atom stereocenters. The average molecular weight is 362 g/mol. The van der Waals surface area contributed by atoms with Crippen molar-refractivity contribution in [1.82, 2.24) is 14.8 Å². The minimum atomic E-state index is 0.0871. The zero-order chi connectivity index (χ0) is 18.4. The van der Waals surface area contributed by atoms with Gasteiger partial charge in [0.25, 0.3) is 5.91 Å². The van der Waals surface area contributed by atoms with E-state index in [0.717, 1.165) is 64.6 Å². The Hall–Kier alpha value is -1.70. The molecule has 3 heterocycles. The van der Waals surface area contributed by atoms with E-state index in [9.17, 15) is 4.79 Å². The predicted octanol–water partition coefficient (Wildman–Crippen LogP) is 1.10. The summed E-state index contributed by atoms with van der Waals surface area (Å²) < 4.78 is 10.5. The van der Waals surface area contributed by atoms with Gasteiger partial charge in [0.2, 0.25) is 0 Å². The van der Waals surface area contributed by atoms with E-state index >= 15 is 0 Å². The molecule has 0 aliphatic carbocycles. The van der Waals surface area contributed by atoms with Crippen molar-refractivity contribution in [3.8, 4) is 0 Å². The molecule has 2 fully saturated rings. The van der Waals surface area contributed by atoms with E-state index < -0.39 is 0 Å². The van der Waals surface area contributed by atoms with Crippen LogP contribution in [-0.4, -0.2) is 93.4 Å². The van der Waals surface area contributed by atoms with Gasteiger partial charge in [0.1, 0.15) is 5.82 Å². The number of likely N-dealkylation sites (N-methyl/N-ethyl adjacent to an activating group) is 1. The molecule has 0 spiro atoms. The summed E-state index contributed by atoms with van der Waals surface area (Å²) in [5.74, 6) is 0.939. The smallest absolute Gasteiger partial charge is 0.255 e. The summed E-state index contributed by atoms with van der Waals surface area (Å²) in [6, 6.07) is 4.36. The minimum Gasteiger partial charge on any atom is -0.383 e. The summed E-state index contributed by atoms with van der Waals surface area (Å²) in [6.07, 6.45) is 3.77. The van der Waals surface area contributed by atoms with Crippen molar-refractivity contribution in [3.05, 3.63) is 23.9 Å². The third-order valence-corrected chi connectivity index (χ3v) is 5.33. The first-order valence-electron chi connectivity index (χ1n) is 9.46. The Morgan fingerprint density at radius 3 is 2.62 bits per heavy atom. The summed E-state index contributed by atoms with van der Waals surface area (Å²) in [4.78, 5) is 23.7. The second-order valence-corrected chi connectivity index (χ2v) is 6.99. The van der Waals surface area contributed by atoms with Crippen LogP contribution >= 0.6 is 0 Å². The Bertz CT molecular complexity index is 567. The molecule has 0 radical (unpaired) electrons. The number of hydrogen-bond acceptors (Lipinski definition) is 6. The fourth-order valence-corrected chi connectivity index (χ4v) is 3.64. The highest BCUT2D eigenvalue weighted by atomic mass is 16.5. The number of carbonyl (C=O) groups is 1. The van der Waals surface area contributed by atoms with Gasteiger partial charge in [-0.3, -0.25) is 9.69 Å². The molecule has 2 aliphatic rings. The number of nitrogens with zero attached hydrogens (tertiary/aromatic N) is 4. The number of piperidine rings is 1. The zero-order valence-corrected chi connectivity index (χ0v) is 15.9. The topological polar surface area (TPSA) is 58.1 Å². The van der Waals surface area contributed by atoms with E-state index in [1.807, 2.05) is 29.0 Å². The van der Waals surface area contributed by atoms with Gasteiger partial charge in [-0.25, -0.2) is 4.98 Å². The van der Waals surface area contributed by atoms with Crippen molar-refractivity contribution < 1.29 is 14.3 Å². The highest BCUT2D eigenvalue weighted by molar-refractivity contribution is 5.94. The fourth-order valence-electron chi connectivity index (χ4n) is 3.64. The molecule has 0 aromatic carbocycles. The Labute approximate surface area is 155 Å². The number of methoxy groups -OCH3 is 1. The van der Waals surface area contributed by atoms with E-state index in [1.165, 1.54) is 0 Å². The van der Waals surface area contributed by atoms with Gasteiger partial charge in [0.05, 0.1) is 25.4 Å². The number of ether oxygens (including phenoxy) is 2. The average Bonchev–Trinajstić information content (AvgIpc) is 2.72. The predicted molar refractivity (Wildman–Crippen MR) is 101 cm³/mol. The number of likely N-dealkylation sites (tertiary alicyclic amines) is 1. The molecule has 2 aliphatic heterocycles. The second-order valence-electron chi connectivity index (χ2n) is 6.99. The summed E-state index contributed by atoms with van der Waals surface area (Å²) in [5.41, 5.74) is 0.665. The van der Waals surface area contributed by atoms with Crippen LogP contribution in [0.1, 0.15) is 23.2 Å². The normalized spacial score (nSPS) is 19.5. The summed E-state index contributed by atoms with van der Waals surface area (Å²) in [6.45, 7) is 6.74. The lowest BCUT2D eigenvalue weighted by atomic mass is 10.0. The maximum atomic E-state index is 12.8. The molecule has 0 N–H and O–H groups in total. The first kappa shape index (κ1) is 19.1. The SMILES string of the molecule is COCCN(C)c1ccc(C(=O)N2CCC(N3CCOCC3)CC2)cn1. The molecular weight excluding hydrogens is 332 g/mol. The standard InChI is InChI=1S/C19H30N4O3/c1-21(9-12-25-2)18-4-3-16(15-20-18)19(24)23-7-5-17(6-8-23)22-10-13-26-14-11-22/h3-4,15,17H,5-14H2,1-2H3. The quantitative estimate of drug-likeness (QED) is 0.755. The second kappa shape index (κ2) is 9.30. The van der Waals surface area contributed by atoms with E-state index in [-0.39, 0.29) is 5.91 Å². The monoisotopic (exact) mass is 362 g/mol. The molecule has 3 rings (SSSR count). The van der Waals surface area contributed by atoms with Crippen molar-refractivity contribution in [2.45, 2.75) is 18.9 Å². The molecule has 144 valence electrons. The van der Waals surface area contributed by atoms with Crippen molar-refractivity contribution in [2.24, 2.45) is 0 Å². The molecule has 1 aromatic rings. The summed E-state index contributed by atoms with van der Waals surface area (Å²) in [7, 11) is 3.66. The number of aromatic nitrogens is 1. The molecule has 1 aromatic heterocycles. The van der Waals surface area contributed by atoms with E-state index in [2.05, 4.69) is 9.88 Å². The molecule has 0 bridgehead atoms. The van der Waals surface area contributed by atoms with Crippen LogP contribution in [0.25, 0.3) is 0 Å². The Morgan fingerprint density at radius 1 is 1.27 bits per heavy atom. The number of morpholine rings is 1. The van der Waals surface area contributed by atoms with E-state index in [0.29, 0.717) is 18.2 Å². The number of hydrogen-bond donors (Lipinski definition) is 0. The molecule has 7 nitrogen and oxygen atoms in total. The van der Waals surface area contributed by atoms with E-state index in [4.69, 9.17) is 9.47 Å². The third-order valence-electron chi connectivity index (χ3n) is 5.33. The number of pyridine rings is 1. The lowest BCUT2D eigenvalue weighted by Crippen LogP contribution is -2.50. The molecule has 1 amide bonds. The Morgan fingerprint density at radius 2 is 2.00 bits per heavy atom.